The third-order valence-electron chi connectivity index (χ3n) is 2.89. The van der Waals surface area contributed by atoms with Gasteiger partial charge in [-0.25, -0.2) is 0 Å². The van der Waals surface area contributed by atoms with Crippen LogP contribution in [0, 0.1) is 0 Å². The van der Waals surface area contributed by atoms with Crippen LogP contribution in [0.2, 0.25) is 5.02 Å². The van der Waals surface area contributed by atoms with E-state index in [1.807, 2.05) is 36.4 Å². The highest BCUT2D eigenvalue weighted by Gasteiger charge is 2.04. The second kappa shape index (κ2) is 7.70. The minimum absolute atomic E-state index is 0.0560. The maximum atomic E-state index is 11.9. The fraction of sp³-hybridized carbons (Fsp3) is 0.235. The zero-order valence-electron chi connectivity index (χ0n) is 11.9. The topological polar surface area (TPSA) is 38.3 Å². The molecule has 4 heteroatoms. The van der Waals surface area contributed by atoms with Crippen molar-refractivity contribution in [3.05, 3.63) is 59.1 Å². The summed E-state index contributed by atoms with van der Waals surface area (Å²) in [5.41, 5.74) is 1.69. The molecule has 110 valence electrons. The second-order valence-electron chi connectivity index (χ2n) is 4.72. The van der Waals surface area contributed by atoms with Crippen molar-refractivity contribution < 1.29 is 9.53 Å². The predicted octanol–water partition coefficient (Wildman–Crippen LogP) is 4.31. The van der Waals surface area contributed by atoms with Gasteiger partial charge in [-0.05, 0) is 48.4 Å². The first-order chi connectivity index (χ1) is 10.2. The molecule has 0 saturated carbocycles. The van der Waals surface area contributed by atoms with E-state index in [4.69, 9.17) is 16.3 Å². The molecule has 3 nitrogen and oxygen atoms in total. The summed E-state index contributed by atoms with van der Waals surface area (Å²) >= 11 is 5.82. The highest BCUT2D eigenvalue weighted by Crippen LogP contribution is 2.16. The number of anilines is 1. The number of amides is 1. The molecule has 2 rings (SSSR count). The number of ether oxygens (including phenoxy) is 1. The van der Waals surface area contributed by atoms with Crippen LogP contribution in [0.15, 0.2) is 48.5 Å². The molecule has 0 aliphatic rings. The summed E-state index contributed by atoms with van der Waals surface area (Å²) in [5.74, 6) is 0.757. The maximum absolute atomic E-state index is 11.9. The van der Waals surface area contributed by atoms with E-state index in [2.05, 4.69) is 12.2 Å². The first-order valence-electron chi connectivity index (χ1n) is 6.94. The van der Waals surface area contributed by atoms with E-state index in [-0.39, 0.29) is 5.91 Å². The third kappa shape index (κ3) is 5.12. The summed E-state index contributed by atoms with van der Waals surface area (Å²) in [7, 11) is 0. The van der Waals surface area contributed by atoms with Gasteiger partial charge in [0.25, 0.3) is 0 Å². The molecule has 0 radical (unpaired) electrons. The lowest BCUT2D eigenvalue weighted by molar-refractivity contribution is -0.115. The van der Waals surface area contributed by atoms with Gasteiger partial charge in [-0.1, -0.05) is 30.7 Å². The fourth-order valence-electron chi connectivity index (χ4n) is 1.85. The van der Waals surface area contributed by atoms with Gasteiger partial charge in [-0.2, -0.15) is 0 Å². The van der Waals surface area contributed by atoms with Gasteiger partial charge in [0, 0.05) is 10.7 Å². The van der Waals surface area contributed by atoms with Gasteiger partial charge in [0.05, 0.1) is 13.0 Å². The average molecular weight is 304 g/mol. The monoisotopic (exact) mass is 303 g/mol. The van der Waals surface area contributed by atoms with Gasteiger partial charge in [-0.3, -0.25) is 4.79 Å². The van der Waals surface area contributed by atoms with Crippen molar-refractivity contribution in [1.29, 1.82) is 0 Å². The van der Waals surface area contributed by atoms with Crippen LogP contribution in [0.1, 0.15) is 18.9 Å². The lowest BCUT2D eigenvalue weighted by Gasteiger charge is -2.08. The molecule has 0 saturated heterocycles. The van der Waals surface area contributed by atoms with Crippen molar-refractivity contribution in [3.63, 3.8) is 0 Å². The van der Waals surface area contributed by atoms with Crippen LogP contribution in [0.3, 0.4) is 0 Å². The SMILES string of the molecule is CCCOc1ccc(NC(=O)Cc2ccc(Cl)cc2)cc1. The number of hydrogen-bond acceptors (Lipinski definition) is 2. The molecule has 2 aromatic carbocycles. The Morgan fingerprint density at radius 3 is 2.38 bits per heavy atom. The minimum atomic E-state index is -0.0560. The Labute approximate surface area is 129 Å². The molecule has 0 fully saturated rings. The van der Waals surface area contributed by atoms with Gasteiger partial charge in [0.2, 0.25) is 5.91 Å². The zero-order valence-corrected chi connectivity index (χ0v) is 12.7. The van der Waals surface area contributed by atoms with Gasteiger partial charge in [0.15, 0.2) is 0 Å². The Morgan fingerprint density at radius 1 is 1.10 bits per heavy atom. The Hall–Kier alpha value is -2.00. The Kier molecular flexibility index (Phi) is 5.64. The Morgan fingerprint density at radius 2 is 1.76 bits per heavy atom. The van der Waals surface area contributed by atoms with Gasteiger partial charge >= 0.3 is 0 Å². The van der Waals surface area contributed by atoms with Crippen LogP contribution in [0.4, 0.5) is 5.69 Å². The second-order valence-corrected chi connectivity index (χ2v) is 5.16. The molecule has 21 heavy (non-hydrogen) atoms. The highest BCUT2D eigenvalue weighted by atomic mass is 35.5. The average Bonchev–Trinajstić information content (AvgIpc) is 2.49. The number of carbonyl (C=O) groups is 1. The highest BCUT2D eigenvalue weighted by molar-refractivity contribution is 6.30. The van der Waals surface area contributed by atoms with Crippen molar-refractivity contribution in [3.8, 4) is 5.75 Å². The van der Waals surface area contributed by atoms with Crippen LogP contribution in [-0.4, -0.2) is 12.5 Å². The van der Waals surface area contributed by atoms with Crippen LogP contribution in [0.5, 0.6) is 5.75 Å². The summed E-state index contributed by atoms with van der Waals surface area (Å²) in [4.78, 5) is 11.9. The standard InChI is InChI=1S/C17H18ClNO2/c1-2-11-21-16-9-7-15(8-10-16)19-17(20)12-13-3-5-14(18)6-4-13/h3-10H,2,11-12H2,1H3,(H,19,20). The zero-order chi connectivity index (χ0) is 15.1. The quantitative estimate of drug-likeness (QED) is 0.863. The summed E-state index contributed by atoms with van der Waals surface area (Å²) < 4.78 is 5.50. The summed E-state index contributed by atoms with van der Waals surface area (Å²) in [5, 5.41) is 3.53. The number of halogens is 1. The molecule has 0 atom stereocenters. The lowest BCUT2D eigenvalue weighted by atomic mass is 10.1. The van der Waals surface area contributed by atoms with Crippen molar-refractivity contribution in [1.82, 2.24) is 0 Å². The van der Waals surface area contributed by atoms with Gasteiger partial charge in [0.1, 0.15) is 5.75 Å². The lowest BCUT2D eigenvalue weighted by Crippen LogP contribution is -2.14. The molecule has 0 aliphatic carbocycles. The predicted molar refractivity (Wildman–Crippen MR) is 86.0 cm³/mol. The molecule has 2 aromatic rings. The fourth-order valence-corrected chi connectivity index (χ4v) is 1.97. The molecule has 0 unspecified atom stereocenters. The van der Waals surface area contributed by atoms with Crippen LogP contribution < -0.4 is 10.1 Å². The summed E-state index contributed by atoms with van der Waals surface area (Å²) in [6, 6.07) is 14.7. The smallest absolute Gasteiger partial charge is 0.228 e. The van der Waals surface area contributed by atoms with E-state index in [1.165, 1.54) is 0 Å². The van der Waals surface area contributed by atoms with Crippen LogP contribution in [0.25, 0.3) is 0 Å². The van der Waals surface area contributed by atoms with E-state index < -0.39 is 0 Å². The van der Waals surface area contributed by atoms with E-state index >= 15 is 0 Å². The van der Waals surface area contributed by atoms with E-state index in [0.717, 1.165) is 23.4 Å². The molecule has 0 bridgehead atoms. The molecule has 0 heterocycles. The van der Waals surface area contributed by atoms with E-state index in [0.29, 0.717) is 18.1 Å². The van der Waals surface area contributed by atoms with E-state index in [1.54, 1.807) is 12.1 Å². The van der Waals surface area contributed by atoms with Gasteiger partial charge < -0.3 is 10.1 Å². The molecular formula is C17H18ClNO2. The summed E-state index contributed by atoms with van der Waals surface area (Å²) in [6.07, 6.45) is 1.30. The number of benzene rings is 2. The summed E-state index contributed by atoms with van der Waals surface area (Å²) in [6.45, 7) is 2.76. The Balaban J connectivity index is 1.88. The van der Waals surface area contributed by atoms with Gasteiger partial charge in [-0.15, -0.1) is 0 Å². The van der Waals surface area contributed by atoms with Crippen LogP contribution >= 0.6 is 11.6 Å². The number of hydrogen-bond donors (Lipinski definition) is 1. The van der Waals surface area contributed by atoms with Crippen molar-refractivity contribution in [2.24, 2.45) is 0 Å². The first-order valence-corrected chi connectivity index (χ1v) is 7.32. The number of carbonyl (C=O) groups excluding carboxylic acids is 1. The number of nitrogens with one attached hydrogen (secondary N) is 1. The molecule has 0 spiro atoms. The normalized spacial score (nSPS) is 10.2. The largest absolute Gasteiger partial charge is 0.494 e. The van der Waals surface area contributed by atoms with E-state index in [9.17, 15) is 4.79 Å². The minimum Gasteiger partial charge on any atom is -0.494 e. The molecule has 0 aliphatic heterocycles. The molecular weight excluding hydrogens is 286 g/mol. The molecule has 1 N–H and O–H groups in total. The maximum Gasteiger partial charge on any atom is 0.228 e. The van der Waals surface area contributed by atoms with Crippen molar-refractivity contribution in [2.75, 3.05) is 11.9 Å². The molecule has 0 aromatic heterocycles. The Bertz CT molecular complexity index is 579. The van der Waals surface area contributed by atoms with Crippen LogP contribution in [-0.2, 0) is 11.2 Å². The van der Waals surface area contributed by atoms with Crippen molar-refractivity contribution in [2.45, 2.75) is 19.8 Å². The number of rotatable bonds is 6. The first kappa shape index (κ1) is 15.4. The van der Waals surface area contributed by atoms with Crippen molar-refractivity contribution >= 4 is 23.2 Å². The molecule has 1 amide bonds. The third-order valence-corrected chi connectivity index (χ3v) is 3.14.